The van der Waals surface area contributed by atoms with Gasteiger partial charge in [0.25, 0.3) is 15.5 Å². The van der Waals surface area contributed by atoms with Gasteiger partial charge in [-0.3, -0.25) is 0 Å². The van der Waals surface area contributed by atoms with Crippen molar-refractivity contribution >= 4 is 31.3 Å². The normalized spacial score (nSPS) is 11.9. The Kier molecular flexibility index (Phi) is 3.92. The minimum Gasteiger partial charge on any atom is -0.480 e. The molecule has 1 aromatic rings. The standard InChI is InChI=1S/C7H5Cl2F2NO3S/c1-15-7-5(16(9,13)14)3(8)2-4(12-7)6(10)11/h2,6H,1H3. The summed E-state index contributed by atoms with van der Waals surface area (Å²) in [7, 11) is 1.92. The molecule has 90 valence electrons. The average molecular weight is 292 g/mol. The Bertz CT molecular complexity index is 507. The molecule has 0 spiro atoms. The second-order valence-electron chi connectivity index (χ2n) is 2.61. The Morgan fingerprint density at radius 1 is 1.50 bits per heavy atom. The second kappa shape index (κ2) is 4.68. The Balaban J connectivity index is 3.53. The van der Waals surface area contributed by atoms with E-state index in [1.54, 1.807) is 0 Å². The number of methoxy groups -OCH3 is 1. The number of hydrogen-bond acceptors (Lipinski definition) is 4. The van der Waals surface area contributed by atoms with Gasteiger partial charge in [0.15, 0.2) is 4.90 Å². The van der Waals surface area contributed by atoms with Crippen LogP contribution in [0, 0.1) is 0 Å². The molecule has 0 aromatic carbocycles. The third-order valence-corrected chi connectivity index (χ3v) is 3.33. The summed E-state index contributed by atoms with van der Waals surface area (Å²) in [4.78, 5) is 2.68. The molecule has 0 aliphatic carbocycles. The molecule has 16 heavy (non-hydrogen) atoms. The Labute approximate surface area is 99.6 Å². The molecular weight excluding hydrogens is 287 g/mol. The highest BCUT2D eigenvalue weighted by molar-refractivity contribution is 8.13. The van der Waals surface area contributed by atoms with E-state index in [0.29, 0.717) is 0 Å². The molecule has 0 fully saturated rings. The molecule has 1 aromatic heterocycles. The predicted molar refractivity (Wildman–Crippen MR) is 53.8 cm³/mol. The van der Waals surface area contributed by atoms with Crippen LogP contribution in [0.4, 0.5) is 8.78 Å². The van der Waals surface area contributed by atoms with Crippen LogP contribution in [0.15, 0.2) is 11.0 Å². The first-order valence-corrected chi connectivity index (χ1v) is 6.43. The zero-order chi connectivity index (χ0) is 12.5. The van der Waals surface area contributed by atoms with Crippen LogP contribution < -0.4 is 4.74 Å². The maximum atomic E-state index is 12.3. The first kappa shape index (κ1) is 13.4. The van der Waals surface area contributed by atoms with Gasteiger partial charge in [-0.15, -0.1) is 0 Å². The average Bonchev–Trinajstić information content (AvgIpc) is 2.14. The van der Waals surface area contributed by atoms with E-state index in [1.165, 1.54) is 0 Å². The summed E-state index contributed by atoms with van der Waals surface area (Å²) in [6.45, 7) is 0. The van der Waals surface area contributed by atoms with Crippen LogP contribution in [0.2, 0.25) is 5.02 Å². The number of pyridine rings is 1. The van der Waals surface area contributed by atoms with Crippen molar-refractivity contribution < 1.29 is 21.9 Å². The number of alkyl halides is 2. The van der Waals surface area contributed by atoms with Crippen LogP contribution >= 0.6 is 22.3 Å². The van der Waals surface area contributed by atoms with Gasteiger partial charge in [-0.1, -0.05) is 11.6 Å². The van der Waals surface area contributed by atoms with Crippen molar-refractivity contribution in [3.8, 4) is 5.88 Å². The monoisotopic (exact) mass is 291 g/mol. The highest BCUT2D eigenvalue weighted by atomic mass is 35.7. The topological polar surface area (TPSA) is 56.3 Å². The zero-order valence-electron chi connectivity index (χ0n) is 7.75. The number of nitrogens with zero attached hydrogens (tertiary/aromatic N) is 1. The lowest BCUT2D eigenvalue weighted by Crippen LogP contribution is -2.03. The third-order valence-electron chi connectivity index (χ3n) is 1.58. The van der Waals surface area contributed by atoms with Gasteiger partial charge in [0.1, 0.15) is 5.69 Å². The summed E-state index contributed by atoms with van der Waals surface area (Å²) in [5.74, 6) is -0.558. The maximum Gasteiger partial charge on any atom is 0.280 e. The van der Waals surface area contributed by atoms with Gasteiger partial charge >= 0.3 is 0 Å². The van der Waals surface area contributed by atoms with E-state index in [4.69, 9.17) is 22.3 Å². The fourth-order valence-electron chi connectivity index (χ4n) is 0.969. The fourth-order valence-corrected chi connectivity index (χ4v) is 2.66. The lowest BCUT2D eigenvalue weighted by Gasteiger charge is -2.08. The van der Waals surface area contributed by atoms with Crippen LogP contribution in [0.1, 0.15) is 12.1 Å². The van der Waals surface area contributed by atoms with Gasteiger partial charge in [0.2, 0.25) is 5.88 Å². The van der Waals surface area contributed by atoms with Gasteiger partial charge in [0.05, 0.1) is 12.1 Å². The number of halogens is 4. The number of rotatable bonds is 3. The smallest absolute Gasteiger partial charge is 0.280 e. The van der Waals surface area contributed by atoms with E-state index in [9.17, 15) is 17.2 Å². The minimum atomic E-state index is -4.21. The van der Waals surface area contributed by atoms with Crippen LogP contribution in [0.5, 0.6) is 5.88 Å². The van der Waals surface area contributed by atoms with Gasteiger partial charge < -0.3 is 4.74 Å². The van der Waals surface area contributed by atoms with Crippen molar-refractivity contribution in [2.45, 2.75) is 11.3 Å². The molecule has 9 heteroatoms. The summed E-state index contributed by atoms with van der Waals surface area (Å²) in [6.07, 6.45) is -2.89. The summed E-state index contributed by atoms with van der Waals surface area (Å²) in [5.41, 5.74) is -0.689. The number of hydrogen-bond donors (Lipinski definition) is 0. The first-order valence-electron chi connectivity index (χ1n) is 3.74. The van der Waals surface area contributed by atoms with Crippen molar-refractivity contribution in [1.82, 2.24) is 4.98 Å². The van der Waals surface area contributed by atoms with E-state index in [-0.39, 0.29) is 0 Å². The first-order chi connectivity index (χ1) is 7.27. The highest BCUT2D eigenvalue weighted by Crippen LogP contribution is 2.34. The summed E-state index contributed by atoms with van der Waals surface area (Å²) in [5, 5.41) is -0.461. The molecule has 0 saturated heterocycles. The Morgan fingerprint density at radius 3 is 2.44 bits per heavy atom. The van der Waals surface area contributed by atoms with Crippen molar-refractivity contribution in [2.75, 3.05) is 7.11 Å². The van der Waals surface area contributed by atoms with E-state index < -0.39 is 37.0 Å². The van der Waals surface area contributed by atoms with Crippen molar-refractivity contribution in [3.63, 3.8) is 0 Å². The molecule has 0 aliphatic heterocycles. The lowest BCUT2D eigenvalue weighted by molar-refractivity contribution is 0.144. The molecule has 0 aliphatic rings. The lowest BCUT2D eigenvalue weighted by atomic mass is 10.3. The van der Waals surface area contributed by atoms with E-state index in [0.717, 1.165) is 13.2 Å². The van der Waals surface area contributed by atoms with Crippen LogP contribution in [0.3, 0.4) is 0 Å². The fraction of sp³-hybridized carbons (Fsp3) is 0.286. The minimum absolute atomic E-state index is 0.461. The van der Waals surface area contributed by atoms with E-state index >= 15 is 0 Å². The molecular formula is C7H5Cl2F2NO3S. The summed E-state index contributed by atoms with van der Waals surface area (Å²) in [6, 6.07) is 0.726. The molecule has 0 unspecified atom stereocenters. The van der Waals surface area contributed by atoms with E-state index in [2.05, 4.69) is 9.72 Å². The largest absolute Gasteiger partial charge is 0.480 e. The molecule has 1 heterocycles. The molecule has 0 N–H and O–H groups in total. The maximum absolute atomic E-state index is 12.3. The van der Waals surface area contributed by atoms with Gasteiger partial charge in [0, 0.05) is 10.7 Å². The molecule has 4 nitrogen and oxygen atoms in total. The van der Waals surface area contributed by atoms with Gasteiger partial charge in [-0.2, -0.15) is 0 Å². The zero-order valence-corrected chi connectivity index (χ0v) is 10.1. The van der Waals surface area contributed by atoms with Crippen LogP contribution in [-0.2, 0) is 9.05 Å². The highest BCUT2D eigenvalue weighted by Gasteiger charge is 2.25. The molecule has 1 rings (SSSR count). The van der Waals surface area contributed by atoms with Crippen LogP contribution in [0.25, 0.3) is 0 Å². The van der Waals surface area contributed by atoms with Crippen molar-refractivity contribution in [2.24, 2.45) is 0 Å². The number of aromatic nitrogens is 1. The SMILES string of the molecule is COc1nc(C(F)F)cc(Cl)c1S(=O)(=O)Cl. The van der Waals surface area contributed by atoms with Gasteiger partial charge in [-0.25, -0.2) is 22.2 Å². The predicted octanol–water partition coefficient (Wildman–Crippen LogP) is 2.61. The molecule has 0 saturated carbocycles. The summed E-state index contributed by atoms with van der Waals surface area (Å²) < 4.78 is 51.4. The quantitative estimate of drug-likeness (QED) is 0.803. The van der Waals surface area contributed by atoms with Crippen molar-refractivity contribution in [1.29, 1.82) is 0 Å². The van der Waals surface area contributed by atoms with Crippen molar-refractivity contribution in [3.05, 3.63) is 16.8 Å². The Hall–Kier alpha value is -0.660. The Morgan fingerprint density at radius 2 is 2.06 bits per heavy atom. The van der Waals surface area contributed by atoms with Gasteiger partial charge in [-0.05, 0) is 6.07 Å². The molecule has 0 amide bonds. The third kappa shape index (κ3) is 2.72. The second-order valence-corrected chi connectivity index (χ2v) is 5.52. The molecule has 0 bridgehead atoms. The molecule has 0 atom stereocenters. The number of ether oxygens (including phenoxy) is 1. The molecule has 0 radical (unpaired) electrons. The van der Waals surface area contributed by atoms with Crippen LogP contribution in [-0.4, -0.2) is 20.5 Å². The van der Waals surface area contributed by atoms with E-state index in [1.807, 2.05) is 0 Å². The summed E-state index contributed by atoms with van der Waals surface area (Å²) >= 11 is 5.53.